The Morgan fingerprint density at radius 2 is 1.88 bits per heavy atom. The molecule has 3 nitrogen and oxygen atoms in total. The Hall–Kier alpha value is -1.55. The first-order chi connectivity index (χ1) is 11.6. The van der Waals surface area contributed by atoms with Gasteiger partial charge in [-0.25, -0.2) is 9.18 Å². The fraction of sp³-hybridized carbons (Fsp3) is 0.550. The number of carbonyl (C=O) groups excluding carboxylic acids is 1. The molecule has 5 heteroatoms. The first-order valence-electron chi connectivity index (χ1n) is 8.53. The average Bonchev–Trinajstić information content (AvgIpc) is 2.49. The smallest absolute Gasteiger partial charge is 0.343 e. The van der Waals surface area contributed by atoms with E-state index in [1.165, 1.54) is 12.1 Å². The molecule has 0 aromatic heterocycles. The highest BCUT2D eigenvalue weighted by Crippen LogP contribution is 2.33. The van der Waals surface area contributed by atoms with Crippen molar-refractivity contribution in [1.82, 2.24) is 0 Å². The van der Waals surface area contributed by atoms with Gasteiger partial charge >= 0.3 is 5.97 Å². The number of hydrogen-bond acceptors (Lipinski definition) is 3. The highest BCUT2D eigenvalue weighted by Gasteiger charge is 2.27. The van der Waals surface area contributed by atoms with Crippen LogP contribution in [0, 0.1) is 11.2 Å². The van der Waals surface area contributed by atoms with Gasteiger partial charge in [-0.3, -0.25) is 0 Å². The molecule has 0 aliphatic heterocycles. The third-order valence-corrected chi connectivity index (χ3v) is 4.54. The van der Waals surface area contributed by atoms with Crippen molar-refractivity contribution in [2.24, 2.45) is 5.41 Å². The maximum Gasteiger partial charge on any atom is 0.343 e. The summed E-state index contributed by atoms with van der Waals surface area (Å²) in [6.07, 6.45) is 4.52. The number of halogens is 2. The molecule has 0 fully saturated rings. The van der Waals surface area contributed by atoms with Gasteiger partial charge in [0.15, 0.2) is 0 Å². The van der Waals surface area contributed by atoms with E-state index in [0.29, 0.717) is 12.4 Å². The summed E-state index contributed by atoms with van der Waals surface area (Å²) in [7, 11) is 0. The largest absolute Gasteiger partial charge is 0.493 e. The summed E-state index contributed by atoms with van der Waals surface area (Å²) in [6, 6.07) is 2.63. The van der Waals surface area contributed by atoms with Gasteiger partial charge in [0, 0.05) is 11.5 Å². The van der Waals surface area contributed by atoms with E-state index in [-0.39, 0.29) is 16.0 Å². The maximum absolute atomic E-state index is 14.4. The standard InChI is InChI=1S/C20H28ClFO3/c1-7-10-20(8-2,9-3)13-24-14-11-15(21)17(16(22)12-14)18(23)25-19(4,5)6/h7,11-12H,1,8-10,13H2,2-6H3. The van der Waals surface area contributed by atoms with Crippen molar-refractivity contribution in [3.63, 3.8) is 0 Å². The Labute approximate surface area is 155 Å². The average molecular weight is 371 g/mol. The van der Waals surface area contributed by atoms with Crippen LogP contribution in [0.2, 0.25) is 5.02 Å². The second kappa shape index (κ2) is 8.70. The Morgan fingerprint density at radius 3 is 2.32 bits per heavy atom. The molecule has 0 aliphatic carbocycles. The summed E-state index contributed by atoms with van der Waals surface area (Å²) in [5.74, 6) is -1.24. The molecule has 1 aromatic rings. The van der Waals surface area contributed by atoms with Crippen LogP contribution < -0.4 is 4.74 Å². The van der Waals surface area contributed by atoms with Crippen molar-refractivity contribution in [3.05, 3.63) is 41.2 Å². The third kappa shape index (κ3) is 6.03. The number of hydrogen-bond donors (Lipinski definition) is 0. The predicted octanol–water partition coefficient (Wildman–Crippen LogP) is 6.20. The van der Waals surface area contributed by atoms with Crippen molar-refractivity contribution < 1.29 is 18.7 Å². The van der Waals surface area contributed by atoms with Crippen LogP contribution in [0.5, 0.6) is 5.75 Å². The third-order valence-electron chi connectivity index (χ3n) is 4.24. The van der Waals surface area contributed by atoms with Gasteiger partial charge in [-0.05, 0) is 46.1 Å². The zero-order chi connectivity index (χ0) is 19.3. The van der Waals surface area contributed by atoms with E-state index in [2.05, 4.69) is 20.4 Å². The minimum absolute atomic E-state index is 0.0217. The molecule has 0 N–H and O–H groups in total. The molecular formula is C20H28ClFO3. The van der Waals surface area contributed by atoms with Crippen LogP contribution >= 0.6 is 11.6 Å². The quantitative estimate of drug-likeness (QED) is 0.404. The number of allylic oxidation sites excluding steroid dienone is 1. The summed E-state index contributed by atoms with van der Waals surface area (Å²) in [5, 5.41) is -0.0217. The van der Waals surface area contributed by atoms with Crippen molar-refractivity contribution in [1.29, 1.82) is 0 Å². The molecule has 0 bridgehead atoms. The first-order valence-corrected chi connectivity index (χ1v) is 8.91. The summed E-state index contributed by atoms with van der Waals surface area (Å²) in [5.41, 5.74) is -1.05. The van der Waals surface area contributed by atoms with E-state index in [4.69, 9.17) is 21.1 Å². The second-order valence-electron chi connectivity index (χ2n) is 7.25. The molecule has 0 atom stereocenters. The second-order valence-corrected chi connectivity index (χ2v) is 7.66. The van der Waals surface area contributed by atoms with Gasteiger partial charge in [-0.1, -0.05) is 31.5 Å². The van der Waals surface area contributed by atoms with E-state index < -0.39 is 17.4 Å². The molecule has 0 saturated heterocycles. The molecule has 0 heterocycles. The Kier molecular flexibility index (Phi) is 7.48. The summed E-state index contributed by atoms with van der Waals surface area (Å²) >= 11 is 6.10. The monoisotopic (exact) mass is 370 g/mol. The van der Waals surface area contributed by atoms with Crippen LogP contribution in [0.3, 0.4) is 0 Å². The fourth-order valence-corrected chi connectivity index (χ4v) is 2.78. The van der Waals surface area contributed by atoms with Gasteiger partial charge in [-0.15, -0.1) is 6.58 Å². The van der Waals surface area contributed by atoms with Gasteiger partial charge in [0.2, 0.25) is 0 Å². The minimum Gasteiger partial charge on any atom is -0.493 e. The van der Waals surface area contributed by atoms with Crippen LogP contribution in [0.15, 0.2) is 24.8 Å². The summed E-state index contributed by atoms with van der Waals surface area (Å²) in [4.78, 5) is 12.1. The Balaban J connectivity index is 2.99. The molecule has 0 spiro atoms. The highest BCUT2D eigenvalue weighted by atomic mass is 35.5. The molecule has 0 saturated carbocycles. The number of carbonyl (C=O) groups is 1. The molecule has 0 amide bonds. The number of rotatable bonds is 8. The Bertz CT molecular complexity index is 593. The molecule has 25 heavy (non-hydrogen) atoms. The Morgan fingerprint density at radius 1 is 1.28 bits per heavy atom. The minimum atomic E-state index is -0.787. The maximum atomic E-state index is 14.4. The fourth-order valence-electron chi connectivity index (χ4n) is 2.50. The van der Waals surface area contributed by atoms with E-state index in [0.717, 1.165) is 19.3 Å². The molecule has 1 rings (SSSR count). The van der Waals surface area contributed by atoms with Gasteiger partial charge < -0.3 is 9.47 Å². The van der Waals surface area contributed by atoms with E-state index in [1.54, 1.807) is 20.8 Å². The van der Waals surface area contributed by atoms with Gasteiger partial charge in [0.1, 0.15) is 22.7 Å². The van der Waals surface area contributed by atoms with Gasteiger partial charge in [0.25, 0.3) is 0 Å². The van der Waals surface area contributed by atoms with Crippen molar-refractivity contribution in [2.75, 3.05) is 6.61 Å². The number of benzene rings is 1. The molecule has 0 unspecified atom stereocenters. The van der Waals surface area contributed by atoms with Gasteiger partial charge in [-0.2, -0.15) is 0 Å². The van der Waals surface area contributed by atoms with Crippen LogP contribution in [0.25, 0.3) is 0 Å². The molecule has 140 valence electrons. The molecule has 0 radical (unpaired) electrons. The van der Waals surface area contributed by atoms with Crippen LogP contribution in [-0.4, -0.2) is 18.2 Å². The normalized spacial score (nSPS) is 12.0. The van der Waals surface area contributed by atoms with Crippen LogP contribution in [-0.2, 0) is 4.74 Å². The lowest BCUT2D eigenvalue weighted by Gasteiger charge is -2.30. The van der Waals surface area contributed by atoms with E-state index >= 15 is 0 Å². The number of ether oxygens (including phenoxy) is 2. The first kappa shape index (κ1) is 21.5. The van der Waals surface area contributed by atoms with Gasteiger partial charge in [0.05, 0.1) is 11.6 Å². The lowest BCUT2D eigenvalue weighted by atomic mass is 9.80. The topological polar surface area (TPSA) is 35.5 Å². The summed E-state index contributed by atoms with van der Waals surface area (Å²) < 4.78 is 25.4. The van der Waals surface area contributed by atoms with Crippen molar-refractivity contribution in [2.45, 2.75) is 59.5 Å². The predicted molar refractivity (Wildman–Crippen MR) is 99.9 cm³/mol. The van der Waals surface area contributed by atoms with Crippen LogP contribution in [0.1, 0.15) is 64.2 Å². The zero-order valence-electron chi connectivity index (χ0n) is 15.7. The highest BCUT2D eigenvalue weighted by molar-refractivity contribution is 6.33. The van der Waals surface area contributed by atoms with E-state index in [1.807, 2.05) is 6.08 Å². The van der Waals surface area contributed by atoms with Crippen molar-refractivity contribution in [3.8, 4) is 5.75 Å². The lowest BCUT2D eigenvalue weighted by molar-refractivity contribution is 0.00648. The van der Waals surface area contributed by atoms with Crippen LogP contribution in [0.4, 0.5) is 4.39 Å². The zero-order valence-corrected chi connectivity index (χ0v) is 16.5. The summed E-state index contributed by atoms with van der Waals surface area (Å²) in [6.45, 7) is 13.5. The number of esters is 1. The molecular weight excluding hydrogens is 343 g/mol. The molecule has 1 aromatic carbocycles. The molecule has 0 aliphatic rings. The SMILES string of the molecule is C=CCC(CC)(CC)COc1cc(F)c(C(=O)OC(C)(C)C)c(Cl)c1. The van der Waals surface area contributed by atoms with E-state index in [9.17, 15) is 9.18 Å². The van der Waals surface area contributed by atoms with Crippen molar-refractivity contribution >= 4 is 17.6 Å². The lowest BCUT2D eigenvalue weighted by Crippen LogP contribution is -2.27.